The Kier molecular flexibility index (Phi) is 31.1. The third-order valence-electron chi connectivity index (χ3n) is 12.5. The summed E-state index contributed by atoms with van der Waals surface area (Å²) in [6, 6.07) is 7.93. The quantitative estimate of drug-likeness (QED) is 0.0335. The van der Waals surface area contributed by atoms with Gasteiger partial charge < -0.3 is 49.1 Å². The molecule has 0 saturated carbocycles. The Morgan fingerprint density at radius 3 is 1.48 bits per heavy atom. The lowest BCUT2D eigenvalue weighted by molar-refractivity contribution is -0.192. The van der Waals surface area contributed by atoms with E-state index in [1.165, 1.54) is 44.0 Å². The molecule has 3 N–H and O–H groups in total. The van der Waals surface area contributed by atoms with Crippen molar-refractivity contribution < 1.29 is 85.9 Å². The predicted octanol–water partition coefficient (Wildman–Crippen LogP) is 7.64. The molecular weight excluding hydrogens is 1230 g/mol. The molecule has 5 aromatic rings. The molecule has 3 aliphatic rings. The smallest absolute Gasteiger partial charge is 0.373 e. The van der Waals surface area contributed by atoms with Gasteiger partial charge >= 0.3 is 47.9 Å². The van der Waals surface area contributed by atoms with Crippen molar-refractivity contribution in [1.29, 1.82) is 0 Å². The summed E-state index contributed by atoms with van der Waals surface area (Å²) in [5.41, 5.74) is 5.82. The Morgan fingerprint density at radius 1 is 0.602 bits per heavy atom. The number of carbonyl (C=O) groups excluding carboxylic acids is 11. The first kappa shape index (κ1) is 76.8. The van der Waals surface area contributed by atoms with E-state index in [9.17, 15) is 43.2 Å². The molecule has 29 heteroatoms. The van der Waals surface area contributed by atoms with Crippen LogP contribution in [0.5, 0.6) is 0 Å². The van der Waals surface area contributed by atoms with Gasteiger partial charge in [-0.15, -0.1) is 0 Å². The van der Waals surface area contributed by atoms with Crippen LogP contribution in [0.15, 0.2) is 61.3 Å². The zero-order valence-corrected chi connectivity index (χ0v) is 54.3. The van der Waals surface area contributed by atoms with Crippen molar-refractivity contribution in [1.82, 2.24) is 40.9 Å². The number of halogens is 1. The summed E-state index contributed by atoms with van der Waals surface area (Å²) >= 11 is 5.60. The fourth-order valence-corrected chi connectivity index (χ4v) is 8.58. The molecule has 8 rings (SSSR count). The summed E-state index contributed by atoms with van der Waals surface area (Å²) in [5, 5.41) is 8.66. The van der Waals surface area contributed by atoms with Gasteiger partial charge in [0.1, 0.15) is 10.8 Å². The summed E-state index contributed by atoms with van der Waals surface area (Å²) in [4.78, 5) is 148. The number of carbonyl (C=O) groups is 9. The van der Waals surface area contributed by atoms with Gasteiger partial charge in [0.05, 0.1) is 111 Å². The molecule has 0 aliphatic carbocycles. The summed E-state index contributed by atoms with van der Waals surface area (Å²) < 4.78 is 34.5. The van der Waals surface area contributed by atoms with Gasteiger partial charge in [0.15, 0.2) is 5.92 Å². The first-order valence-electron chi connectivity index (χ1n) is 28.9. The number of esters is 7. The van der Waals surface area contributed by atoms with E-state index in [1.807, 2.05) is 26.8 Å². The van der Waals surface area contributed by atoms with Crippen molar-refractivity contribution in [3.8, 4) is 0 Å². The topological polar surface area (TPSA) is 362 Å². The first-order valence-corrected chi connectivity index (χ1v) is 29.2. The van der Waals surface area contributed by atoms with Gasteiger partial charge in [0.2, 0.25) is 23.2 Å². The van der Waals surface area contributed by atoms with Crippen LogP contribution in [-0.4, -0.2) is 137 Å². The minimum Gasteiger partial charge on any atom is -0.469 e. The zero-order chi connectivity index (χ0) is 69.6. The third-order valence-corrected chi connectivity index (χ3v) is 12.8. The van der Waals surface area contributed by atoms with Crippen LogP contribution in [0.3, 0.4) is 0 Å². The first-order chi connectivity index (χ1) is 44.1. The van der Waals surface area contributed by atoms with E-state index in [0.29, 0.717) is 47.8 Å². The van der Waals surface area contributed by atoms with Gasteiger partial charge in [-0.1, -0.05) is 32.4 Å². The van der Waals surface area contributed by atoms with Gasteiger partial charge in [-0.05, 0) is 108 Å². The number of nitrogens with zero attached hydrogens (tertiary/aromatic N) is 7. The maximum absolute atomic E-state index is 12.3. The number of fused-ring (bicyclic) bond motifs is 3. The van der Waals surface area contributed by atoms with Crippen molar-refractivity contribution in [2.45, 2.75) is 126 Å². The second-order valence-electron chi connectivity index (χ2n) is 21.4. The van der Waals surface area contributed by atoms with Crippen LogP contribution >= 0.6 is 11.6 Å². The fourth-order valence-electron chi connectivity index (χ4n) is 8.43. The number of hydrogen-bond donors (Lipinski definition) is 3. The number of aromatic nitrogens is 5. The largest absolute Gasteiger partial charge is 0.469 e. The number of pyridine rings is 5. The molecule has 5 aromatic heterocycles. The molecule has 2 amide bonds. The predicted molar refractivity (Wildman–Crippen MR) is 329 cm³/mol. The van der Waals surface area contributed by atoms with Crippen LogP contribution in [0.2, 0.25) is 5.15 Å². The molecule has 494 valence electrons. The normalized spacial score (nSPS) is 13.3. The van der Waals surface area contributed by atoms with Gasteiger partial charge in [-0.25, -0.2) is 33.7 Å². The molecule has 0 spiro atoms. The minimum absolute atomic E-state index is 0.0381. The molecule has 0 fully saturated rings. The zero-order valence-electron chi connectivity index (χ0n) is 53.6. The number of ether oxygens (including phenoxy) is 7. The van der Waals surface area contributed by atoms with Gasteiger partial charge in [0, 0.05) is 69.3 Å². The minimum atomic E-state index is -1.13. The molecule has 8 heterocycles. The molecular formula is C64H73ClN10O18. The Balaban J connectivity index is 0.000000304. The molecule has 2 unspecified atom stereocenters. The van der Waals surface area contributed by atoms with Crippen LogP contribution in [0.4, 0.5) is 11.4 Å². The molecule has 0 saturated heterocycles. The number of methoxy groups -OCH3 is 1. The SMILES string of the molecule is CCOC(=O)c1cnc2c(c1)CNC(=O)C2.CCOC(=O)c1cnc2c(c1)CNC(=O)C2C(=O)OC(C)(C)C.CCOC(=O)c1cnc2c(c1)CNCC2.O=C=O.[C-]#[N+]c1cc(C(=O)OCC)cnc1C(C(=O)OC)C(C)(C)C.[C-]#[N+]c1cc(C(=O)OCC)cnc1Cl. The summed E-state index contributed by atoms with van der Waals surface area (Å²) in [6.45, 7) is 37.4. The van der Waals surface area contributed by atoms with Crippen molar-refractivity contribution in [2.24, 2.45) is 5.41 Å². The van der Waals surface area contributed by atoms with Gasteiger partial charge in [-0.3, -0.25) is 44.1 Å². The van der Waals surface area contributed by atoms with Crippen LogP contribution in [0, 0.1) is 18.6 Å². The number of nitrogens with one attached hydrogen (secondary N) is 3. The highest BCUT2D eigenvalue weighted by atomic mass is 35.5. The fraction of sp³-hybridized carbons (Fsp3) is 0.422. The second kappa shape index (κ2) is 37.7. The van der Waals surface area contributed by atoms with E-state index in [0.717, 1.165) is 42.0 Å². The Labute approximate surface area is 542 Å². The van der Waals surface area contributed by atoms with E-state index in [2.05, 4.69) is 50.6 Å². The Hall–Kier alpha value is -10.4. The lowest BCUT2D eigenvalue weighted by Gasteiger charge is -2.28. The monoisotopic (exact) mass is 1300 g/mol. The summed E-state index contributed by atoms with van der Waals surface area (Å²) in [5.74, 6) is -5.65. The highest BCUT2D eigenvalue weighted by molar-refractivity contribution is 6.32. The molecule has 28 nitrogen and oxygen atoms in total. The summed E-state index contributed by atoms with van der Waals surface area (Å²) in [7, 11) is 1.30. The second-order valence-corrected chi connectivity index (χ2v) is 21.7. The lowest BCUT2D eigenvalue weighted by Crippen LogP contribution is -2.41. The Bertz CT molecular complexity index is 3640. The molecule has 0 aromatic carbocycles. The maximum atomic E-state index is 12.3. The van der Waals surface area contributed by atoms with E-state index in [-0.39, 0.29) is 90.0 Å². The average Bonchev–Trinajstić information content (AvgIpc) is 0.872. The van der Waals surface area contributed by atoms with E-state index < -0.39 is 58.6 Å². The summed E-state index contributed by atoms with van der Waals surface area (Å²) in [6.07, 6.45) is 8.43. The molecule has 93 heavy (non-hydrogen) atoms. The molecule has 0 radical (unpaired) electrons. The van der Waals surface area contributed by atoms with Crippen molar-refractivity contribution in [2.75, 3.05) is 46.7 Å². The van der Waals surface area contributed by atoms with Crippen LogP contribution in [-0.2, 0) is 94.4 Å². The van der Waals surface area contributed by atoms with Crippen LogP contribution < -0.4 is 16.0 Å². The third kappa shape index (κ3) is 23.7. The van der Waals surface area contributed by atoms with E-state index in [4.69, 9.17) is 67.5 Å². The number of amides is 2. The molecule has 2 atom stereocenters. The molecule has 0 bridgehead atoms. The van der Waals surface area contributed by atoms with Crippen molar-refractivity contribution >= 4 is 82.7 Å². The highest BCUT2D eigenvalue weighted by Crippen LogP contribution is 2.40. The number of rotatable bonds is 13. The molecule has 3 aliphatic heterocycles. The lowest BCUT2D eigenvalue weighted by atomic mass is 9.78. The Morgan fingerprint density at radius 2 is 1.02 bits per heavy atom. The van der Waals surface area contributed by atoms with Crippen molar-refractivity contribution in [3.05, 3.63) is 157 Å². The van der Waals surface area contributed by atoms with Gasteiger partial charge in [0.25, 0.3) is 0 Å². The van der Waals surface area contributed by atoms with E-state index in [1.54, 1.807) is 73.7 Å². The highest BCUT2D eigenvalue weighted by Gasteiger charge is 2.39. The maximum Gasteiger partial charge on any atom is 0.373 e. The van der Waals surface area contributed by atoms with Gasteiger partial charge in [-0.2, -0.15) is 9.59 Å². The van der Waals surface area contributed by atoms with Crippen LogP contribution in [0.25, 0.3) is 9.69 Å². The van der Waals surface area contributed by atoms with E-state index >= 15 is 0 Å². The van der Waals surface area contributed by atoms with Crippen LogP contribution in [0.1, 0.15) is 179 Å². The van der Waals surface area contributed by atoms with Crippen molar-refractivity contribution in [3.63, 3.8) is 0 Å². The number of hydrogen-bond acceptors (Lipinski definition) is 24. The average molecular weight is 1310 g/mol. The standard InChI is InChI=1S/C16H20N2O5.C16H20N2O4.C11H12N2O3.C11H14N2O2.C9H7ClN2O2.CO2/c1-5-22-14(20)10-6-9-7-18-13(19)11(12(9)17-8-10)15(21)23-16(2,3)4;1-7-22-14(19)10-8-11(17-5)13(18-9-10)12(15(20)21-6)16(2,3)4;1-2-16-11(15)8-3-7-5-13-10(14)4-9(7)12-6-8;1-2-15-11(14)9-5-8-6-12-4-3-10(8)13-7-9;1-3-14-9(13)6-4-7(11-2)8(10)12-5-6;2-1-3/h6,8,11H,5,7H2,1-4H3,(H,18,19);8-9,12H,7H2,1-4,6H3;3,6H,2,4-5H2,1H3,(H,13,14);5,7,12H,2-4,6H2,1H3;4-5H,3H2,1H3;.